The van der Waals surface area contributed by atoms with Gasteiger partial charge < -0.3 is 15.0 Å². The first-order valence-electron chi connectivity index (χ1n) is 6.71. The van der Waals surface area contributed by atoms with E-state index in [0.717, 1.165) is 11.0 Å². The summed E-state index contributed by atoms with van der Waals surface area (Å²) in [6.07, 6.45) is 0. The van der Waals surface area contributed by atoms with Crippen molar-refractivity contribution in [3.8, 4) is 11.4 Å². The van der Waals surface area contributed by atoms with Crippen LogP contribution in [0.5, 0.6) is 0 Å². The Labute approximate surface area is 122 Å². The number of para-hydroxylation sites is 3. The number of aromatic nitrogens is 2. The van der Waals surface area contributed by atoms with Gasteiger partial charge >= 0.3 is 0 Å². The number of ether oxygens (including phenoxy) is 1. The number of anilines is 1. The van der Waals surface area contributed by atoms with Crippen molar-refractivity contribution in [2.45, 2.75) is 6.54 Å². The SMILES string of the molecule is COCCn1c(-c2cccc(F)c2N)nc2ccccc21. The van der Waals surface area contributed by atoms with Crippen LogP contribution in [0.2, 0.25) is 0 Å². The van der Waals surface area contributed by atoms with Gasteiger partial charge in [-0.2, -0.15) is 0 Å². The number of nitrogens with two attached hydrogens (primary N) is 1. The molecule has 0 aliphatic carbocycles. The highest BCUT2D eigenvalue weighted by molar-refractivity contribution is 5.83. The molecular weight excluding hydrogens is 269 g/mol. The van der Waals surface area contributed by atoms with Crippen LogP contribution in [0.3, 0.4) is 0 Å². The van der Waals surface area contributed by atoms with E-state index in [4.69, 9.17) is 10.5 Å². The van der Waals surface area contributed by atoms with Gasteiger partial charge in [0.25, 0.3) is 0 Å². The van der Waals surface area contributed by atoms with Crippen LogP contribution in [0, 0.1) is 5.82 Å². The van der Waals surface area contributed by atoms with E-state index in [1.807, 2.05) is 28.8 Å². The van der Waals surface area contributed by atoms with Gasteiger partial charge in [-0.1, -0.05) is 18.2 Å². The van der Waals surface area contributed by atoms with Crippen molar-refractivity contribution < 1.29 is 9.13 Å². The van der Waals surface area contributed by atoms with E-state index in [0.29, 0.717) is 24.5 Å². The molecule has 0 amide bonds. The monoisotopic (exact) mass is 285 g/mol. The van der Waals surface area contributed by atoms with Gasteiger partial charge in [0.1, 0.15) is 11.6 Å². The third-order valence-corrected chi connectivity index (χ3v) is 3.47. The lowest BCUT2D eigenvalue weighted by Gasteiger charge is -2.10. The minimum absolute atomic E-state index is 0.117. The third-order valence-electron chi connectivity index (χ3n) is 3.47. The average molecular weight is 285 g/mol. The van der Waals surface area contributed by atoms with E-state index >= 15 is 0 Å². The molecule has 2 aromatic carbocycles. The summed E-state index contributed by atoms with van der Waals surface area (Å²) >= 11 is 0. The summed E-state index contributed by atoms with van der Waals surface area (Å²) in [4.78, 5) is 4.60. The molecule has 0 radical (unpaired) electrons. The van der Waals surface area contributed by atoms with E-state index in [9.17, 15) is 4.39 Å². The highest BCUT2D eigenvalue weighted by Gasteiger charge is 2.15. The molecule has 0 bridgehead atoms. The number of benzene rings is 2. The molecule has 2 N–H and O–H groups in total. The second-order valence-electron chi connectivity index (χ2n) is 4.77. The van der Waals surface area contributed by atoms with E-state index in [1.54, 1.807) is 19.2 Å². The summed E-state index contributed by atoms with van der Waals surface area (Å²) in [5.41, 5.74) is 8.42. The summed E-state index contributed by atoms with van der Waals surface area (Å²) in [6.45, 7) is 1.17. The lowest BCUT2D eigenvalue weighted by Crippen LogP contribution is -2.07. The maximum atomic E-state index is 13.7. The standard InChI is InChI=1S/C16H16FN3O/c1-21-10-9-20-14-8-3-2-7-13(14)19-16(20)11-5-4-6-12(17)15(11)18/h2-8H,9-10,18H2,1H3. The van der Waals surface area contributed by atoms with Crippen LogP contribution in [0.1, 0.15) is 0 Å². The van der Waals surface area contributed by atoms with Crippen molar-refractivity contribution in [2.75, 3.05) is 19.5 Å². The molecule has 3 rings (SSSR count). The summed E-state index contributed by atoms with van der Waals surface area (Å²) in [5, 5.41) is 0. The summed E-state index contributed by atoms with van der Waals surface area (Å²) in [7, 11) is 1.65. The first-order chi connectivity index (χ1) is 10.2. The maximum absolute atomic E-state index is 13.7. The van der Waals surface area contributed by atoms with E-state index in [1.165, 1.54) is 6.07 Å². The van der Waals surface area contributed by atoms with E-state index in [-0.39, 0.29) is 5.69 Å². The molecule has 0 atom stereocenters. The van der Waals surface area contributed by atoms with Gasteiger partial charge in [-0.05, 0) is 24.3 Å². The van der Waals surface area contributed by atoms with E-state index in [2.05, 4.69) is 4.98 Å². The molecule has 1 aromatic heterocycles. The van der Waals surface area contributed by atoms with Gasteiger partial charge in [0.05, 0.1) is 23.3 Å². The van der Waals surface area contributed by atoms with Crippen molar-refractivity contribution in [3.05, 3.63) is 48.3 Å². The quantitative estimate of drug-likeness (QED) is 0.749. The molecule has 3 aromatic rings. The topological polar surface area (TPSA) is 53.1 Å². The number of halogens is 1. The van der Waals surface area contributed by atoms with Crippen molar-refractivity contribution in [2.24, 2.45) is 0 Å². The van der Waals surface area contributed by atoms with Crippen LogP contribution in [-0.4, -0.2) is 23.3 Å². The molecule has 5 heteroatoms. The molecule has 0 saturated carbocycles. The Hall–Kier alpha value is -2.40. The van der Waals surface area contributed by atoms with Crippen LogP contribution in [0.15, 0.2) is 42.5 Å². The lowest BCUT2D eigenvalue weighted by molar-refractivity contribution is 0.188. The second-order valence-corrected chi connectivity index (χ2v) is 4.77. The molecule has 0 unspecified atom stereocenters. The van der Waals surface area contributed by atoms with Crippen LogP contribution in [0.4, 0.5) is 10.1 Å². The smallest absolute Gasteiger partial charge is 0.146 e. The lowest BCUT2D eigenvalue weighted by atomic mass is 10.1. The predicted molar refractivity (Wildman–Crippen MR) is 81.4 cm³/mol. The largest absolute Gasteiger partial charge is 0.396 e. The average Bonchev–Trinajstić information content (AvgIpc) is 2.86. The van der Waals surface area contributed by atoms with Crippen molar-refractivity contribution in [1.82, 2.24) is 9.55 Å². The first-order valence-corrected chi connectivity index (χ1v) is 6.71. The van der Waals surface area contributed by atoms with Crippen molar-refractivity contribution >= 4 is 16.7 Å². The molecule has 0 fully saturated rings. The number of nitrogen functional groups attached to an aromatic ring is 1. The van der Waals surface area contributed by atoms with Gasteiger partial charge in [-0.15, -0.1) is 0 Å². The molecule has 1 heterocycles. The van der Waals surface area contributed by atoms with Gasteiger partial charge in [0.15, 0.2) is 0 Å². The predicted octanol–water partition coefficient (Wildman–Crippen LogP) is 3.07. The van der Waals surface area contributed by atoms with Gasteiger partial charge in [-0.3, -0.25) is 0 Å². The number of rotatable bonds is 4. The number of hydrogen-bond donors (Lipinski definition) is 1. The number of nitrogens with zero attached hydrogens (tertiary/aromatic N) is 2. The minimum atomic E-state index is -0.433. The third kappa shape index (κ3) is 2.36. The first kappa shape index (κ1) is 13.6. The van der Waals surface area contributed by atoms with Crippen LogP contribution >= 0.6 is 0 Å². The maximum Gasteiger partial charge on any atom is 0.146 e. The van der Waals surface area contributed by atoms with Crippen molar-refractivity contribution in [1.29, 1.82) is 0 Å². The number of hydrogen-bond acceptors (Lipinski definition) is 3. The van der Waals surface area contributed by atoms with Gasteiger partial charge in [0, 0.05) is 19.2 Å². The van der Waals surface area contributed by atoms with Crippen LogP contribution < -0.4 is 5.73 Å². The Morgan fingerprint density at radius 2 is 2.00 bits per heavy atom. The Morgan fingerprint density at radius 1 is 1.19 bits per heavy atom. The van der Waals surface area contributed by atoms with Gasteiger partial charge in [-0.25, -0.2) is 9.37 Å². The zero-order valence-corrected chi connectivity index (χ0v) is 11.7. The Balaban J connectivity index is 2.23. The molecule has 0 aliphatic rings. The zero-order valence-electron chi connectivity index (χ0n) is 11.7. The number of fused-ring (bicyclic) bond motifs is 1. The molecular formula is C16H16FN3O. The fourth-order valence-electron chi connectivity index (χ4n) is 2.42. The minimum Gasteiger partial charge on any atom is -0.396 e. The summed E-state index contributed by atoms with van der Waals surface area (Å²) in [6, 6.07) is 12.6. The zero-order chi connectivity index (χ0) is 14.8. The fourth-order valence-corrected chi connectivity index (χ4v) is 2.42. The molecule has 0 spiro atoms. The second kappa shape index (κ2) is 5.54. The Morgan fingerprint density at radius 3 is 2.81 bits per heavy atom. The van der Waals surface area contributed by atoms with Crippen molar-refractivity contribution in [3.63, 3.8) is 0 Å². The number of methoxy groups -OCH3 is 1. The van der Waals surface area contributed by atoms with Crippen LogP contribution in [-0.2, 0) is 11.3 Å². The molecule has 21 heavy (non-hydrogen) atoms. The Kier molecular flexibility index (Phi) is 3.58. The van der Waals surface area contributed by atoms with E-state index < -0.39 is 5.82 Å². The summed E-state index contributed by atoms with van der Waals surface area (Å²) in [5.74, 6) is 0.225. The number of imidazole rings is 1. The highest BCUT2D eigenvalue weighted by Crippen LogP contribution is 2.30. The fraction of sp³-hybridized carbons (Fsp3) is 0.188. The molecule has 0 saturated heterocycles. The molecule has 4 nitrogen and oxygen atoms in total. The van der Waals surface area contributed by atoms with Crippen LogP contribution in [0.25, 0.3) is 22.4 Å². The highest BCUT2D eigenvalue weighted by atomic mass is 19.1. The Bertz CT molecular complexity index is 782. The summed E-state index contributed by atoms with van der Waals surface area (Å²) < 4.78 is 20.9. The van der Waals surface area contributed by atoms with Gasteiger partial charge in [0.2, 0.25) is 0 Å². The molecule has 108 valence electrons. The normalized spacial score (nSPS) is 11.1. The molecule has 0 aliphatic heterocycles.